The Labute approximate surface area is 87.6 Å². The van der Waals surface area contributed by atoms with Crippen LogP contribution in [0.3, 0.4) is 0 Å². The summed E-state index contributed by atoms with van der Waals surface area (Å²) in [4.78, 5) is 0. The van der Waals surface area contributed by atoms with E-state index in [1.807, 2.05) is 31.2 Å². The van der Waals surface area contributed by atoms with Crippen LogP contribution < -0.4 is 10.5 Å². The third-order valence-electron chi connectivity index (χ3n) is 2.03. The van der Waals surface area contributed by atoms with Crippen LogP contribution in [0.25, 0.3) is 11.3 Å². The fourth-order valence-electron chi connectivity index (χ4n) is 1.39. The van der Waals surface area contributed by atoms with Gasteiger partial charge in [-0.05, 0) is 19.1 Å². The lowest BCUT2D eigenvalue weighted by atomic mass is 10.1. The maximum absolute atomic E-state index is 5.73. The zero-order valence-electron chi connectivity index (χ0n) is 8.43. The van der Waals surface area contributed by atoms with Gasteiger partial charge in [-0.3, -0.25) is 0 Å². The standard InChI is InChI=1S/C11H12N2O2/c1-2-14-10-6-4-3-5-8(10)11-9(12)7-13-15-11/h3-7H,2,12H2,1H3. The zero-order chi connectivity index (χ0) is 10.7. The van der Waals surface area contributed by atoms with Gasteiger partial charge in [-0.2, -0.15) is 0 Å². The van der Waals surface area contributed by atoms with Gasteiger partial charge in [0.25, 0.3) is 0 Å². The quantitative estimate of drug-likeness (QED) is 0.833. The van der Waals surface area contributed by atoms with E-state index in [1.165, 1.54) is 6.20 Å². The van der Waals surface area contributed by atoms with Gasteiger partial charge >= 0.3 is 0 Å². The smallest absolute Gasteiger partial charge is 0.193 e. The summed E-state index contributed by atoms with van der Waals surface area (Å²) in [5.74, 6) is 1.31. The Morgan fingerprint density at radius 2 is 2.20 bits per heavy atom. The summed E-state index contributed by atoms with van der Waals surface area (Å²) in [7, 11) is 0. The molecule has 4 nitrogen and oxygen atoms in total. The Kier molecular flexibility index (Phi) is 2.58. The van der Waals surface area contributed by atoms with Crippen molar-refractivity contribution in [2.75, 3.05) is 12.3 Å². The Hall–Kier alpha value is -1.97. The molecule has 2 N–H and O–H groups in total. The molecule has 15 heavy (non-hydrogen) atoms. The summed E-state index contributed by atoms with van der Waals surface area (Å²) < 4.78 is 10.6. The number of nitrogens with zero attached hydrogens (tertiary/aromatic N) is 1. The first kappa shape index (κ1) is 9.58. The van der Waals surface area contributed by atoms with Crippen molar-refractivity contribution < 1.29 is 9.26 Å². The molecular formula is C11H12N2O2. The third-order valence-corrected chi connectivity index (χ3v) is 2.03. The second-order valence-corrected chi connectivity index (χ2v) is 3.04. The normalized spacial score (nSPS) is 10.2. The van der Waals surface area contributed by atoms with Gasteiger partial charge in [0, 0.05) is 0 Å². The second-order valence-electron chi connectivity index (χ2n) is 3.04. The Morgan fingerprint density at radius 1 is 1.40 bits per heavy atom. The molecular weight excluding hydrogens is 192 g/mol. The molecule has 1 aromatic heterocycles. The van der Waals surface area contributed by atoms with Gasteiger partial charge < -0.3 is 15.0 Å². The van der Waals surface area contributed by atoms with Crippen LogP contribution in [0.5, 0.6) is 5.75 Å². The first-order chi connectivity index (χ1) is 7.33. The van der Waals surface area contributed by atoms with Gasteiger partial charge in [0.1, 0.15) is 11.4 Å². The average molecular weight is 204 g/mol. The Morgan fingerprint density at radius 3 is 2.87 bits per heavy atom. The summed E-state index contributed by atoms with van der Waals surface area (Å²) in [5, 5.41) is 3.64. The number of para-hydroxylation sites is 1. The molecule has 0 saturated carbocycles. The SMILES string of the molecule is CCOc1ccccc1-c1oncc1N. The van der Waals surface area contributed by atoms with Crippen LogP contribution in [0.2, 0.25) is 0 Å². The van der Waals surface area contributed by atoms with Gasteiger partial charge in [-0.15, -0.1) is 0 Å². The maximum Gasteiger partial charge on any atom is 0.193 e. The highest BCUT2D eigenvalue weighted by Gasteiger charge is 2.12. The molecule has 2 aromatic rings. The molecule has 0 fully saturated rings. The lowest BCUT2D eigenvalue weighted by Gasteiger charge is -2.07. The molecule has 0 aliphatic heterocycles. The first-order valence-corrected chi connectivity index (χ1v) is 4.75. The van der Waals surface area contributed by atoms with E-state index in [4.69, 9.17) is 15.0 Å². The summed E-state index contributed by atoms with van der Waals surface area (Å²) in [6.45, 7) is 2.53. The van der Waals surface area contributed by atoms with E-state index in [1.54, 1.807) is 0 Å². The van der Waals surface area contributed by atoms with E-state index in [0.29, 0.717) is 18.1 Å². The van der Waals surface area contributed by atoms with Crippen molar-refractivity contribution in [1.82, 2.24) is 5.16 Å². The molecule has 0 aliphatic carbocycles. The third kappa shape index (κ3) is 1.79. The van der Waals surface area contributed by atoms with Crippen LogP contribution in [0, 0.1) is 0 Å². The van der Waals surface area contributed by atoms with Crippen LogP contribution in [-0.4, -0.2) is 11.8 Å². The van der Waals surface area contributed by atoms with Gasteiger partial charge in [0.15, 0.2) is 5.76 Å². The van der Waals surface area contributed by atoms with E-state index in [-0.39, 0.29) is 0 Å². The fourth-order valence-corrected chi connectivity index (χ4v) is 1.39. The number of nitrogens with two attached hydrogens (primary N) is 1. The van der Waals surface area contributed by atoms with Crippen molar-refractivity contribution in [1.29, 1.82) is 0 Å². The molecule has 0 aliphatic rings. The molecule has 78 valence electrons. The maximum atomic E-state index is 5.73. The first-order valence-electron chi connectivity index (χ1n) is 4.75. The monoisotopic (exact) mass is 204 g/mol. The molecule has 0 saturated heterocycles. The minimum atomic E-state index is 0.516. The predicted molar refractivity (Wildman–Crippen MR) is 57.5 cm³/mol. The Bertz CT molecular complexity index is 451. The summed E-state index contributed by atoms with van der Waals surface area (Å²) in [6.07, 6.45) is 1.48. The van der Waals surface area contributed by atoms with Crippen LogP contribution in [0.15, 0.2) is 35.0 Å². The highest BCUT2D eigenvalue weighted by Crippen LogP contribution is 2.33. The molecule has 1 heterocycles. The molecule has 0 spiro atoms. The largest absolute Gasteiger partial charge is 0.493 e. The molecule has 0 atom stereocenters. The fraction of sp³-hybridized carbons (Fsp3) is 0.182. The predicted octanol–water partition coefficient (Wildman–Crippen LogP) is 2.32. The van der Waals surface area contributed by atoms with Crippen molar-refractivity contribution in [3.05, 3.63) is 30.5 Å². The number of anilines is 1. The number of hydrogen-bond acceptors (Lipinski definition) is 4. The average Bonchev–Trinajstić information content (AvgIpc) is 2.66. The minimum Gasteiger partial charge on any atom is -0.493 e. The molecule has 2 rings (SSSR count). The van der Waals surface area contributed by atoms with E-state index < -0.39 is 0 Å². The topological polar surface area (TPSA) is 61.3 Å². The Balaban J connectivity index is 2.48. The van der Waals surface area contributed by atoms with Crippen LogP contribution in [0.1, 0.15) is 6.92 Å². The highest BCUT2D eigenvalue weighted by molar-refractivity contribution is 5.74. The van der Waals surface area contributed by atoms with Crippen molar-refractivity contribution >= 4 is 5.69 Å². The summed E-state index contributed by atoms with van der Waals surface area (Å²) in [6, 6.07) is 7.57. The van der Waals surface area contributed by atoms with Crippen molar-refractivity contribution in [2.24, 2.45) is 0 Å². The minimum absolute atomic E-state index is 0.516. The van der Waals surface area contributed by atoms with Gasteiger partial charge in [-0.25, -0.2) is 0 Å². The van der Waals surface area contributed by atoms with E-state index in [9.17, 15) is 0 Å². The van der Waals surface area contributed by atoms with E-state index in [0.717, 1.165) is 11.3 Å². The van der Waals surface area contributed by atoms with Gasteiger partial charge in [-0.1, -0.05) is 17.3 Å². The molecule has 4 heteroatoms. The van der Waals surface area contributed by atoms with Gasteiger partial charge in [0.2, 0.25) is 0 Å². The zero-order valence-corrected chi connectivity index (χ0v) is 8.43. The summed E-state index contributed by atoms with van der Waals surface area (Å²) >= 11 is 0. The number of nitrogen functional groups attached to an aromatic ring is 1. The number of aromatic nitrogens is 1. The van der Waals surface area contributed by atoms with Crippen molar-refractivity contribution in [2.45, 2.75) is 6.92 Å². The molecule has 0 bridgehead atoms. The van der Waals surface area contributed by atoms with Gasteiger partial charge in [0.05, 0.1) is 18.4 Å². The van der Waals surface area contributed by atoms with E-state index in [2.05, 4.69) is 5.16 Å². The van der Waals surface area contributed by atoms with Crippen molar-refractivity contribution in [3.8, 4) is 17.1 Å². The van der Waals surface area contributed by atoms with Crippen LogP contribution in [-0.2, 0) is 0 Å². The van der Waals surface area contributed by atoms with Crippen LogP contribution >= 0.6 is 0 Å². The highest BCUT2D eigenvalue weighted by atomic mass is 16.5. The molecule has 0 amide bonds. The number of benzene rings is 1. The molecule has 0 unspecified atom stereocenters. The van der Waals surface area contributed by atoms with Crippen molar-refractivity contribution in [3.63, 3.8) is 0 Å². The number of rotatable bonds is 3. The number of hydrogen-bond donors (Lipinski definition) is 1. The lowest BCUT2D eigenvalue weighted by Crippen LogP contribution is -1.94. The summed E-state index contributed by atoms with van der Waals surface area (Å²) in [5.41, 5.74) is 7.07. The van der Waals surface area contributed by atoms with Crippen LogP contribution in [0.4, 0.5) is 5.69 Å². The second kappa shape index (κ2) is 4.04. The number of ether oxygens (including phenoxy) is 1. The molecule has 1 aromatic carbocycles. The van der Waals surface area contributed by atoms with E-state index >= 15 is 0 Å². The molecule has 0 radical (unpaired) electrons. The lowest BCUT2D eigenvalue weighted by molar-refractivity contribution is 0.339.